The van der Waals surface area contributed by atoms with E-state index in [4.69, 9.17) is 4.74 Å². The molecule has 2 heterocycles. The molecule has 1 saturated heterocycles. The normalized spacial score (nSPS) is 16.8. The van der Waals surface area contributed by atoms with E-state index in [-0.39, 0.29) is 11.9 Å². The highest BCUT2D eigenvalue weighted by atomic mass is 19.1. The van der Waals surface area contributed by atoms with Crippen molar-refractivity contribution < 1.29 is 9.13 Å². The van der Waals surface area contributed by atoms with Gasteiger partial charge >= 0.3 is 0 Å². The van der Waals surface area contributed by atoms with Crippen molar-refractivity contribution in [2.45, 2.75) is 52.5 Å². The Hall–Kier alpha value is -1.62. The van der Waals surface area contributed by atoms with E-state index in [0.717, 1.165) is 11.0 Å². The van der Waals surface area contributed by atoms with Crippen molar-refractivity contribution in [3.8, 4) is 6.01 Å². The number of ether oxygens (including phenoxy) is 1. The van der Waals surface area contributed by atoms with E-state index in [1.54, 1.807) is 12.1 Å². The fourth-order valence-corrected chi connectivity index (χ4v) is 3.60. The summed E-state index contributed by atoms with van der Waals surface area (Å²) in [5, 5.41) is 0. The molecule has 4 nitrogen and oxygen atoms in total. The summed E-state index contributed by atoms with van der Waals surface area (Å²) in [6, 6.07) is 5.52. The van der Waals surface area contributed by atoms with Crippen LogP contribution in [0.5, 0.6) is 6.01 Å². The largest absolute Gasteiger partial charge is 0.464 e. The summed E-state index contributed by atoms with van der Waals surface area (Å²) in [5.74, 6) is 0.343. The number of fused-ring (bicyclic) bond motifs is 1. The molecular weight excluding hydrogens is 317 g/mol. The molecule has 0 saturated carbocycles. The maximum absolute atomic E-state index is 13.6. The van der Waals surface area contributed by atoms with Crippen LogP contribution in [-0.2, 0) is 0 Å². The molecule has 138 valence electrons. The maximum atomic E-state index is 13.6. The van der Waals surface area contributed by atoms with Crippen LogP contribution in [0.1, 0.15) is 52.5 Å². The van der Waals surface area contributed by atoms with Gasteiger partial charge in [-0.3, -0.25) is 4.57 Å². The first-order valence-electron chi connectivity index (χ1n) is 9.61. The van der Waals surface area contributed by atoms with Crippen LogP contribution in [0.2, 0.25) is 0 Å². The molecule has 2 aromatic rings. The van der Waals surface area contributed by atoms with E-state index < -0.39 is 0 Å². The first kappa shape index (κ1) is 18.2. The highest BCUT2D eigenvalue weighted by Gasteiger charge is 2.21. The quantitative estimate of drug-likeness (QED) is 0.730. The molecule has 0 aliphatic carbocycles. The van der Waals surface area contributed by atoms with Gasteiger partial charge in [-0.25, -0.2) is 4.39 Å². The molecule has 25 heavy (non-hydrogen) atoms. The predicted octanol–water partition coefficient (Wildman–Crippen LogP) is 4.65. The minimum absolute atomic E-state index is 0.178. The third kappa shape index (κ3) is 4.32. The number of halogens is 1. The van der Waals surface area contributed by atoms with Gasteiger partial charge in [-0.1, -0.05) is 13.3 Å². The lowest BCUT2D eigenvalue weighted by Gasteiger charge is -2.31. The van der Waals surface area contributed by atoms with Crippen LogP contribution in [-0.4, -0.2) is 40.7 Å². The number of piperidine rings is 1. The van der Waals surface area contributed by atoms with E-state index in [1.165, 1.54) is 51.4 Å². The molecule has 0 radical (unpaired) electrons. The lowest BCUT2D eigenvalue weighted by Crippen LogP contribution is -2.36. The summed E-state index contributed by atoms with van der Waals surface area (Å²) in [6.45, 7) is 10.6. The van der Waals surface area contributed by atoms with Crippen molar-refractivity contribution in [2.75, 3.05) is 26.2 Å². The summed E-state index contributed by atoms with van der Waals surface area (Å²) >= 11 is 0. The average Bonchev–Trinajstić information content (AvgIpc) is 2.96. The second kappa shape index (κ2) is 8.17. The van der Waals surface area contributed by atoms with Crippen molar-refractivity contribution in [2.24, 2.45) is 5.92 Å². The second-order valence-electron chi connectivity index (χ2n) is 7.44. The van der Waals surface area contributed by atoms with Crippen molar-refractivity contribution in [3.05, 3.63) is 24.0 Å². The molecular formula is C20H30FN3O. The molecule has 0 unspecified atom stereocenters. The van der Waals surface area contributed by atoms with Crippen LogP contribution < -0.4 is 4.74 Å². The third-order valence-electron chi connectivity index (χ3n) is 5.12. The number of benzene rings is 1. The van der Waals surface area contributed by atoms with E-state index >= 15 is 0 Å². The van der Waals surface area contributed by atoms with Crippen molar-refractivity contribution >= 4 is 11.0 Å². The van der Waals surface area contributed by atoms with E-state index in [2.05, 4.69) is 30.7 Å². The molecule has 0 amide bonds. The lowest BCUT2D eigenvalue weighted by molar-refractivity contribution is 0.132. The fourth-order valence-electron chi connectivity index (χ4n) is 3.60. The molecule has 3 rings (SSSR count). The SMILES string of the molecule is CCCCN1CCC(COc2nc3ccc(F)cc3n2C(C)C)CC1. The van der Waals surface area contributed by atoms with E-state index in [9.17, 15) is 4.39 Å². The van der Waals surface area contributed by atoms with Gasteiger partial charge < -0.3 is 9.64 Å². The number of likely N-dealkylation sites (tertiary alicyclic amines) is 1. The number of hydrogen-bond acceptors (Lipinski definition) is 3. The Balaban J connectivity index is 1.63. The van der Waals surface area contributed by atoms with Crippen LogP contribution in [0.3, 0.4) is 0 Å². The summed E-state index contributed by atoms with van der Waals surface area (Å²) in [6.07, 6.45) is 4.91. The predicted molar refractivity (Wildman–Crippen MR) is 99.6 cm³/mol. The Morgan fingerprint density at radius 3 is 2.72 bits per heavy atom. The Kier molecular flexibility index (Phi) is 5.94. The van der Waals surface area contributed by atoms with Gasteiger partial charge in [0.2, 0.25) is 0 Å². The molecule has 0 bridgehead atoms. The van der Waals surface area contributed by atoms with Crippen molar-refractivity contribution in [1.29, 1.82) is 0 Å². The third-order valence-corrected chi connectivity index (χ3v) is 5.12. The smallest absolute Gasteiger partial charge is 0.297 e. The Morgan fingerprint density at radius 2 is 2.04 bits per heavy atom. The molecule has 5 heteroatoms. The first-order chi connectivity index (χ1) is 12.1. The number of nitrogens with zero attached hydrogens (tertiary/aromatic N) is 3. The van der Waals surface area contributed by atoms with Crippen LogP contribution in [0.4, 0.5) is 4.39 Å². The average molecular weight is 347 g/mol. The molecule has 1 aromatic carbocycles. The number of unbranched alkanes of at least 4 members (excludes halogenated alkanes) is 1. The highest BCUT2D eigenvalue weighted by molar-refractivity contribution is 5.77. The minimum atomic E-state index is -0.236. The molecule has 0 atom stereocenters. The van der Waals surface area contributed by atoms with Gasteiger partial charge in [0.15, 0.2) is 0 Å². The monoisotopic (exact) mass is 347 g/mol. The van der Waals surface area contributed by atoms with Gasteiger partial charge in [0, 0.05) is 6.04 Å². The van der Waals surface area contributed by atoms with Crippen LogP contribution in [0.25, 0.3) is 11.0 Å². The Labute approximate surface area is 150 Å². The van der Waals surface area contributed by atoms with E-state index in [1.807, 2.05) is 4.57 Å². The van der Waals surface area contributed by atoms with Gasteiger partial charge in [0.1, 0.15) is 5.82 Å². The van der Waals surface area contributed by atoms with Gasteiger partial charge in [0.25, 0.3) is 6.01 Å². The summed E-state index contributed by atoms with van der Waals surface area (Å²) < 4.78 is 21.7. The van der Waals surface area contributed by atoms with Crippen LogP contribution >= 0.6 is 0 Å². The van der Waals surface area contributed by atoms with Gasteiger partial charge in [0.05, 0.1) is 17.6 Å². The Bertz CT molecular complexity index is 690. The molecule has 0 N–H and O–H groups in total. The topological polar surface area (TPSA) is 30.3 Å². The standard InChI is InChI=1S/C20H30FN3O/c1-4-5-10-23-11-8-16(9-12-23)14-25-20-22-18-7-6-17(21)13-19(18)24(20)15(2)3/h6-7,13,15-16H,4-5,8-12,14H2,1-3H3. The van der Waals surface area contributed by atoms with Crippen molar-refractivity contribution in [1.82, 2.24) is 14.5 Å². The van der Waals surface area contributed by atoms with Gasteiger partial charge in [-0.2, -0.15) is 4.98 Å². The van der Waals surface area contributed by atoms with Crippen molar-refractivity contribution in [3.63, 3.8) is 0 Å². The first-order valence-corrected chi connectivity index (χ1v) is 9.61. The number of aromatic nitrogens is 2. The molecule has 0 spiro atoms. The number of imidazole rings is 1. The van der Waals surface area contributed by atoms with Gasteiger partial charge in [-0.05, 0) is 76.9 Å². The molecule has 1 aromatic heterocycles. The number of hydrogen-bond donors (Lipinski definition) is 0. The van der Waals surface area contributed by atoms with Gasteiger partial charge in [-0.15, -0.1) is 0 Å². The van der Waals surface area contributed by atoms with Crippen LogP contribution in [0.15, 0.2) is 18.2 Å². The minimum Gasteiger partial charge on any atom is -0.464 e. The summed E-state index contributed by atoms with van der Waals surface area (Å²) in [4.78, 5) is 7.14. The highest BCUT2D eigenvalue weighted by Crippen LogP contribution is 2.27. The Morgan fingerprint density at radius 1 is 1.28 bits per heavy atom. The maximum Gasteiger partial charge on any atom is 0.297 e. The zero-order valence-electron chi connectivity index (χ0n) is 15.7. The lowest BCUT2D eigenvalue weighted by atomic mass is 9.98. The fraction of sp³-hybridized carbons (Fsp3) is 0.650. The second-order valence-corrected chi connectivity index (χ2v) is 7.44. The summed E-state index contributed by atoms with van der Waals surface area (Å²) in [5.41, 5.74) is 1.60. The molecule has 1 aliphatic rings. The number of rotatable bonds is 7. The molecule has 1 aliphatic heterocycles. The zero-order valence-corrected chi connectivity index (χ0v) is 15.7. The molecule has 1 fully saturated rings. The zero-order chi connectivity index (χ0) is 17.8. The van der Waals surface area contributed by atoms with E-state index in [0.29, 0.717) is 18.5 Å². The van der Waals surface area contributed by atoms with Crippen LogP contribution in [0, 0.1) is 11.7 Å². The summed E-state index contributed by atoms with van der Waals surface area (Å²) in [7, 11) is 0.